The van der Waals surface area contributed by atoms with Gasteiger partial charge in [0.1, 0.15) is 17.0 Å². The highest BCUT2D eigenvalue weighted by Gasteiger charge is 2.25. The first-order valence-electron chi connectivity index (χ1n) is 21.9. The van der Waals surface area contributed by atoms with E-state index in [9.17, 15) is 42.2 Å². The van der Waals surface area contributed by atoms with Crippen molar-refractivity contribution in [2.45, 2.75) is 75.5 Å². The van der Waals surface area contributed by atoms with E-state index in [-0.39, 0.29) is 33.7 Å². The number of nitrogens with zero attached hydrogens (tertiary/aromatic N) is 5. The van der Waals surface area contributed by atoms with E-state index in [0.29, 0.717) is 49.9 Å². The Morgan fingerprint density at radius 1 is 0.557 bits per heavy atom. The summed E-state index contributed by atoms with van der Waals surface area (Å²) >= 11 is 12.5. The minimum absolute atomic E-state index is 0.0751. The average molecular weight is 1250 g/mol. The third kappa shape index (κ3) is 17.3. The van der Waals surface area contributed by atoms with E-state index < -0.39 is 44.5 Å². The van der Waals surface area contributed by atoms with Crippen molar-refractivity contribution >= 4 is 103 Å². The number of ether oxygens (including phenoxy) is 4. The number of nitrogens with two attached hydrogens (primary N) is 2. The van der Waals surface area contributed by atoms with Crippen molar-refractivity contribution in [1.82, 2.24) is 15.0 Å². The molecule has 5 aromatic rings. The number of benzene rings is 4. The van der Waals surface area contributed by atoms with Gasteiger partial charge < -0.3 is 41.0 Å². The van der Waals surface area contributed by atoms with E-state index in [1.54, 1.807) is 6.07 Å². The maximum atomic E-state index is 13.7. The topological polar surface area (TPSA) is 230 Å². The molecule has 6 N–H and O–H groups in total. The first-order chi connectivity index (χ1) is 33.4. The molecule has 0 spiro atoms. The maximum absolute atomic E-state index is 13.7. The zero-order chi connectivity index (χ0) is 50.9. The highest BCUT2D eigenvalue weighted by molar-refractivity contribution is 9.11. The van der Waals surface area contributed by atoms with Gasteiger partial charge in [-0.05, 0) is 99.9 Å². The van der Waals surface area contributed by atoms with Crippen LogP contribution in [0, 0.1) is 49.3 Å². The van der Waals surface area contributed by atoms with Gasteiger partial charge in [0.2, 0.25) is 17.5 Å². The lowest BCUT2D eigenvalue weighted by atomic mass is 10.1. The molecule has 0 aliphatic carbocycles. The number of nitro groups is 2. The molecule has 4 fully saturated rings. The van der Waals surface area contributed by atoms with Crippen LogP contribution in [-0.4, -0.2) is 95.8 Å². The number of hydrogen-bond donors (Lipinski definition) is 4. The molecule has 4 aromatic carbocycles. The normalized spacial score (nSPS) is 16.8. The number of nitrogens with one attached hydrogen (secondary N) is 2. The molecule has 0 radical (unpaired) electrons. The van der Waals surface area contributed by atoms with Crippen LogP contribution >= 0.6 is 63.7 Å². The molecule has 0 atom stereocenters. The smallest absolute Gasteiger partial charge is 0.340 e. The van der Waals surface area contributed by atoms with Crippen LogP contribution in [-0.2, 0) is 18.9 Å². The minimum Gasteiger partial charge on any atom is -0.395 e. The third-order valence-corrected chi connectivity index (χ3v) is 12.8. The zero-order valence-electron chi connectivity index (χ0n) is 37.3. The Balaban J connectivity index is 0.000000167. The summed E-state index contributed by atoms with van der Waals surface area (Å²) in [6.07, 6.45) is 7.23. The van der Waals surface area contributed by atoms with Gasteiger partial charge in [0.25, 0.3) is 0 Å². The van der Waals surface area contributed by atoms with Crippen LogP contribution in [0.2, 0.25) is 0 Å². The second-order valence-corrected chi connectivity index (χ2v) is 19.7. The molecule has 17 nitrogen and oxygen atoms in total. The molecule has 5 heterocycles. The van der Waals surface area contributed by atoms with Gasteiger partial charge in [-0.15, -0.1) is 5.10 Å². The van der Waals surface area contributed by atoms with Crippen LogP contribution < -0.4 is 22.1 Å². The molecule has 0 unspecified atom stereocenters. The number of anilines is 3. The summed E-state index contributed by atoms with van der Waals surface area (Å²) in [6, 6.07) is 11.8. The predicted molar refractivity (Wildman–Crippen MR) is 267 cm³/mol. The van der Waals surface area contributed by atoms with Gasteiger partial charge in [0, 0.05) is 88.9 Å². The van der Waals surface area contributed by atoms with Crippen molar-refractivity contribution in [3.63, 3.8) is 0 Å². The van der Waals surface area contributed by atoms with Crippen LogP contribution in [0.1, 0.15) is 57.4 Å². The average Bonchev–Trinajstić information content (AvgIpc) is 3.74. The summed E-state index contributed by atoms with van der Waals surface area (Å²) in [5.74, 6) is -3.96. The Morgan fingerprint density at radius 3 is 1.41 bits per heavy atom. The SMILES string of the molecule is Fc1cc(Br)cc2c1nnn2C1CCOCC1.NC1CCOCC1.Nc1c(F)cc(Br)cc1NC1CCOCC1.O=[N+]([O-])c1c(F)cc(Br)cc1F.O=[N+]([O-])c1c(F)cc(Br)cc1NC1CCOCC1. The van der Waals surface area contributed by atoms with Crippen LogP contribution in [0.25, 0.3) is 11.0 Å². The Kier molecular flexibility index (Phi) is 22.9. The monoisotopic (exact) mass is 1240 g/mol. The summed E-state index contributed by atoms with van der Waals surface area (Å²) in [4.78, 5) is 19.1. The van der Waals surface area contributed by atoms with Gasteiger partial charge >= 0.3 is 11.4 Å². The Hall–Kier alpha value is -4.15. The molecule has 0 amide bonds. The van der Waals surface area contributed by atoms with Crippen LogP contribution in [0.15, 0.2) is 66.4 Å². The van der Waals surface area contributed by atoms with Gasteiger partial charge in [0.15, 0.2) is 5.82 Å². The molecule has 382 valence electrons. The molecule has 4 aliphatic rings. The van der Waals surface area contributed by atoms with Crippen molar-refractivity contribution < 1.29 is 50.7 Å². The highest BCUT2D eigenvalue weighted by Crippen LogP contribution is 2.34. The number of hydrogen-bond acceptors (Lipinski definition) is 14. The number of aromatic nitrogens is 3. The van der Waals surface area contributed by atoms with Crippen molar-refractivity contribution in [1.29, 1.82) is 0 Å². The largest absolute Gasteiger partial charge is 0.395 e. The van der Waals surface area contributed by atoms with Crippen molar-refractivity contribution in [2.24, 2.45) is 5.73 Å². The first-order valence-corrected chi connectivity index (χ1v) is 25.0. The number of nitro benzene ring substituents is 2. The molecule has 4 saturated heterocycles. The lowest BCUT2D eigenvalue weighted by molar-refractivity contribution is -0.390. The quantitative estimate of drug-likeness (QED) is 0.0514. The van der Waals surface area contributed by atoms with Crippen molar-refractivity contribution in [2.75, 3.05) is 69.2 Å². The molecule has 26 heteroatoms. The Morgan fingerprint density at radius 2 is 0.943 bits per heavy atom. The lowest BCUT2D eigenvalue weighted by Gasteiger charge is -2.25. The maximum Gasteiger partial charge on any atom is 0.340 e. The van der Waals surface area contributed by atoms with Gasteiger partial charge in [-0.25, -0.2) is 13.5 Å². The summed E-state index contributed by atoms with van der Waals surface area (Å²) in [5.41, 5.74) is 11.7. The molecule has 0 saturated carbocycles. The van der Waals surface area contributed by atoms with E-state index in [2.05, 4.69) is 84.7 Å². The van der Waals surface area contributed by atoms with Crippen LogP contribution in [0.3, 0.4) is 0 Å². The van der Waals surface area contributed by atoms with E-state index in [4.69, 9.17) is 30.4 Å². The van der Waals surface area contributed by atoms with E-state index in [0.717, 1.165) is 115 Å². The third-order valence-electron chi connectivity index (χ3n) is 10.9. The molecule has 1 aromatic heterocycles. The fourth-order valence-electron chi connectivity index (χ4n) is 7.28. The number of rotatable bonds is 7. The summed E-state index contributed by atoms with van der Waals surface area (Å²) in [6.45, 7) is 5.89. The fourth-order valence-corrected chi connectivity index (χ4v) is 8.96. The predicted octanol–water partition coefficient (Wildman–Crippen LogP) is 11.3. The fraction of sp³-hybridized carbons (Fsp3) is 0.455. The second-order valence-electron chi connectivity index (χ2n) is 16.0. The van der Waals surface area contributed by atoms with E-state index in [1.165, 1.54) is 18.2 Å². The standard InChI is InChI=1S/C11H11BrFN3O.C11H12BrFN2O3.C11H14BrFN2O.C6H2BrF2NO2.C5H11NO/c12-7-5-9(13)11-10(6-7)16(15-14-11)8-1-3-17-4-2-8;12-7-5-9(13)11(15(16)17)10(6-7)14-8-1-3-18-4-2-8;12-7-5-9(13)11(14)10(6-7)15-8-1-3-16-4-2-8;7-3-1-4(8)6(10(11)12)5(9)2-3;6-5-1-3-7-4-2-5/h5-6,8H,1-4H2;5-6,8,14H,1-4H2;5-6,8,15H,1-4,14H2;1-2H;5H,1-4,6H2. The summed E-state index contributed by atoms with van der Waals surface area (Å²) < 4.78 is 90.6. The molecule has 0 bridgehead atoms. The number of fused-ring (bicyclic) bond motifs is 1. The van der Waals surface area contributed by atoms with Crippen molar-refractivity contribution in [3.05, 3.63) is 116 Å². The number of nitrogen functional groups attached to an aromatic ring is 1. The molecule has 70 heavy (non-hydrogen) atoms. The van der Waals surface area contributed by atoms with Crippen LogP contribution in [0.5, 0.6) is 0 Å². The summed E-state index contributed by atoms with van der Waals surface area (Å²) in [7, 11) is 0. The molecule has 9 rings (SSSR count). The second kappa shape index (κ2) is 28.2. The number of halogens is 9. The first kappa shape index (κ1) is 56.8. The zero-order valence-corrected chi connectivity index (χ0v) is 43.6. The minimum atomic E-state index is -1.19. The van der Waals surface area contributed by atoms with Gasteiger partial charge in [-0.1, -0.05) is 68.9 Å². The van der Waals surface area contributed by atoms with Crippen molar-refractivity contribution in [3.8, 4) is 0 Å². The molecular formula is C44H50Br4F5N9O8. The van der Waals surface area contributed by atoms with E-state index >= 15 is 0 Å². The van der Waals surface area contributed by atoms with Gasteiger partial charge in [-0.3, -0.25) is 20.2 Å². The van der Waals surface area contributed by atoms with Gasteiger partial charge in [-0.2, -0.15) is 13.2 Å². The lowest BCUT2D eigenvalue weighted by Crippen LogP contribution is -2.28. The Bertz CT molecular complexity index is 2510. The van der Waals surface area contributed by atoms with Gasteiger partial charge in [0.05, 0.1) is 32.8 Å². The molecule has 4 aliphatic heterocycles. The highest BCUT2D eigenvalue weighted by atomic mass is 79.9. The van der Waals surface area contributed by atoms with Crippen LogP contribution in [0.4, 0.5) is 50.4 Å². The molecular weight excluding hydrogens is 1200 g/mol. The summed E-state index contributed by atoms with van der Waals surface area (Å²) in [5, 5.41) is 35.2. The van der Waals surface area contributed by atoms with E-state index in [1.807, 2.05) is 10.7 Å². The Labute approximate surface area is 432 Å².